The quantitative estimate of drug-likeness (QED) is 0.134. The molecule has 8 aromatic rings. The molecule has 0 fully saturated rings. The van der Waals surface area contributed by atoms with Gasteiger partial charge in [-0.15, -0.1) is 0 Å². The number of benzene rings is 6. The van der Waals surface area contributed by atoms with Crippen LogP contribution in [0.2, 0.25) is 0 Å². The van der Waals surface area contributed by atoms with Crippen molar-refractivity contribution in [1.29, 1.82) is 0 Å². The van der Waals surface area contributed by atoms with Crippen LogP contribution < -0.4 is 10.5 Å². The molecule has 0 bridgehead atoms. The van der Waals surface area contributed by atoms with Gasteiger partial charge in [0.2, 0.25) is 0 Å². The largest absolute Gasteiger partial charge is 0.345 e. The summed E-state index contributed by atoms with van der Waals surface area (Å²) in [6.07, 6.45) is 9.06. The average Bonchev–Trinajstić information content (AvgIpc) is 3.46. The number of allylic oxidation sites excluding steroid dienone is 3. The molecular weight excluding hydrogens is 572 g/mol. The van der Waals surface area contributed by atoms with Gasteiger partial charge in [0.05, 0.1) is 11.0 Å². The van der Waals surface area contributed by atoms with E-state index in [9.17, 15) is 4.79 Å². The second-order valence-electron chi connectivity index (χ2n) is 12.0. The molecule has 0 aliphatic heterocycles. The third-order valence-electron chi connectivity index (χ3n) is 9.59. The molecule has 0 saturated heterocycles. The van der Waals surface area contributed by atoms with E-state index < -0.39 is 0 Å². The molecule has 0 saturated carbocycles. The van der Waals surface area contributed by atoms with Gasteiger partial charge < -0.3 is 4.90 Å². The van der Waals surface area contributed by atoms with E-state index in [1.54, 1.807) is 18.2 Å². The highest BCUT2D eigenvalue weighted by atomic mass is 16.1. The van der Waals surface area contributed by atoms with E-state index in [1.807, 2.05) is 41.8 Å². The number of para-hydroxylation sites is 1. The van der Waals surface area contributed by atoms with Crippen LogP contribution in [0.15, 0.2) is 152 Å². The van der Waals surface area contributed by atoms with Crippen molar-refractivity contribution in [2.24, 2.45) is 0 Å². The number of hydrogen-bond acceptors (Lipinski definition) is 2. The molecule has 3 nitrogen and oxygen atoms in total. The number of pyridine rings is 1. The minimum absolute atomic E-state index is 0.0751. The van der Waals surface area contributed by atoms with E-state index in [-0.39, 0.29) is 5.56 Å². The molecule has 0 N–H and O–H groups in total. The Morgan fingerprint density at radius 3 is 1.94 bits per heavy atom. The molecule has 2 heterocycles. The van der Waals surface area contributed by atoms with Gasteiger partial charge in [-0.25, -0.2) is 0 Å². The van der Waals surface area contributed by atoms with Gasteiger partial charge in [0.15, 0.2) is 0 Å². The number of nitrogens with zero attached hydrogens (tertiary/aromatic N) is 2. The molecular formula is C44H32N2O. The zero-order valence-electron chi connectivity index (χ0n) is 26.3. The monoisotopic (exact) mass is 604 g/mol. The van der Waals surface area contributed by atoms with E-state index in [1.165, 1.54) is 32.3 Å². The summed E-state index contributed by atoms with van der Waals surface area (Å²) in [4.78, 5) is 15.8. The predicted molar refractivity (Wildman–Crippen MR) is 205 cm³/mol. The van der Waals surface area contributed by atoms with Gasteiger partial charge >= 0.3 is 0 Å². The number of aromatic nitrogens is 1. The van der Waals surface area contributed by atoms with Crippen molar-refractivity contribution in [2.45, 2.75) is 0 Å². The van der Waals surface area contributed by atoms with Crippen molar-refractivity contribution in [3.05, 3.63) is 169 Å². The van der Waals surface area contributed by atoms with Crippen LogP contribution in [-0.4, -0.2) is 11.4 Å². The minimum atomic E-state index is -0.0751. The van der Waals surface area contributed by atoms with Crippen molar-refractivity contribution in [1.82, 2.24) is 4.40 Å². The maximum absolute atomic E-state index is 13.8. The van der Waals surface area contributed by atoms with Gasteiger partial charge in [0.1, 0.15) is 0 Å². The number of hydrogen-bond donors (Lipinski definition) is 0. The van der Waals surface area contributed by atoms with Crippen molar-refractivity contribution in [3.63, 3.8) is 0 Å². The fraction of sp³-hybridized carbons (Fsp3) is 0.0227. The first-order valence-corrected chi connectivity index (χ1v) is 15.7. The highest BCUT2D eigenvalue weighted by Gasteiger charge is 2.20. The Morgan fingerprint density at radius 1 is 0.638 bits per heavy atom. The highest BCUT2D eigenvalue weighted by Crippen LogP contribution is 2.41. The summed E-state index contributed by atoms with van der Waals surface area (Å²) in [5.74, 6) is 0. The lowest BCUT2D eigenvalue weighted by atomic mass is 9.90. The van der Waals surface area contributed by atoms with Crippen molar-refractivity contribution < 1.29 is 0 Å². The zero-order valence-corrected chi connectivity index (χ0v) is 26.3. The Balaban J connectivity index is 1.45. The third kappa shape index (κ3) is 4.10. The average molecular weight is 605 g/mol. The summed E-state index contributed by atoms with van der Waals surface area (Å²) in [6, 6.07) is 34.6. The lowest BCUT2D eigenvalue weighted by Gasteiger charge is -2.21. The van der Waals surface area contributed by atoms with Crippen molar-refractivity contribution >= 4 is 77.3 Å². The number of anilines is 1. The number of likely N-dealkylation sites (N-methyl/N-ethyl adjacent to an activating group) is 1. The molecule has 0 aliphatic rings. The van der Waals surface area contributed by atoms with Crippen molar-refractivity contribution in [2.75, 3.05) is 11.9 Å². The van der Waals surface area contributed by atoms with E-state index in [0.717, 1.165) is 55.3 Å². The number of rotatable bonds is 7. The van der Waals surface area contributed by atoms with E-state index in [0.29, 0.717) is 5.56 Å². The molecule has 2 aromatic heterocycles. The third-order valence-corrected chi connectivity index (χ3v) is 9.59. The topological polar surface area (TPSA) is 24.7 Å². The zero-order chi connectivity index (χ0) is 32.4. The SMILES string of the molecule is C=C/C=C\C(=C)N(C)c1ccc2c3ccccc3c3ccc(-c4cc5c(C=C)c(C=C)c(=O)n6c7ccccc7c(c4)c56)cc3c2c1. The van der Waals surface area contributed by atoms with Crippen LogP contribution in [0.3, 0.4) is 0 Å². The summed E-state index contributed by atoms with van der Waals surface area (Å²) < 4.78 is 1.84. The van der Waals surface area contributed by atoms with Gasteiger partial charge in [0.25, 0.3) is 5.56 Å². The predicted octanol–water partition coefficient (Wildman–Crippen LogP) is 11.1. The van der Waals surface area contributed by atoms with Crippen molar-refractivity contribution in [3.8, 4) is 11.1 Å². The fourth-order valence-electron chi connectivity index (χ4n) is 7.27. The molecule has 3 heteroatoms. The Kier molecular flexibility index (Phi) is 6.45. The van der Waals surface area contributed by atoms with Crippen LogP contribution in [0.1, 0.15) is 11.1 Å². The molecule has 0 spiro atoms. The Morgan fingerprint density at radius 2 is 1.23 bits per heavy atom. The molecule has 8 rings (SSSR count). The second kappa shape index (κ2) is 10.7. The Hall–Kier alpha value is -6.19. The molecule has 0 unspecified atom stereocenters. The number of fused-ring (bicyclic) bond motifs is 9. The van der Waals surface area contributed by atoms with Gasteiger partial charge in [-0.2, -0.15) is 0 Å². The van der Waals surface area contributed by atoms with Crippen LogP contribution in [0, 0.1) is 0 Å². The van der Waals surface area contributed by atoms with Gasteiger partial charge in [0, 0.05) is 40.2 Å². The summed E-state index contributed by atoms with van der Waals surface area (Å²) in [6.45, 7) is 16.2. The first-order chi connectivity index (χ1) is 22.9. The highest BCUT2D eigenvalue weighted by molar-refractivity contribution is 6.26. The Bertz CT molecular complexity index is 2740. The summed E-state index contributed by atoms with van der Waals surface area (Å²) in [7, 11) is 2.04. The lowest BCUT2D eigenvalue weighted by molar-refractivity contribution is 1.15. The molecule has 224 valence electrons. The summed E-state index contributed by atoms with van der Waals surface area (Å²) >= 11 is 0. The first kappa shape index (κ1) is 28.3. The van der Waals surface area contributed by atoms with Crippen LogP contribution in [0.4, 0.5) is 5.69 Å². The van der Waals surface area contributed by atoms with Crippen LogP contribution in [0.25, 0.3) is 82.8 Å². The van der Waals surface area contributed by atoms with Gasteiger partial charge in [-0.1, -0.05) is 111 Å². The van der Waals surface area contributed by atoms with E-state index in [2.05, 4.69) is 110 Å². The van der Waals surface area contributed by atoms with Gasteiger partial charge in [-0.05, 0) is 91.5 Å². The van der Waals surface area contributed by atoms with Crippen LogP contribution in [0.5, 0.6) is 0 Å². The molecule has 0 atom stereocenters. The first-order valence-electron chi connectivity index (χ1n) is 15.7. The van der Waals surface area contributed by atoms with Gasteiger partial charge in [-0.3, -0.25) is 9.20 Å². The van der Waals surface area contributed by atoms with E-state index in [4.69, 9.17) is 0 Å². The molecule has 0 amide bonds. The Labute approximate surface area is 272 Å². The van der Waals surface area contributed by atoms with E-state index >= 15 is 0 Å². The van der Waals surface area contributed by atoms with Crippen LogP contribution >= 0.6 is 0 Å². The fourth-order valence-corrected chi connectivity index (χ4v) is 7.27. The second-order valence-corrected chi connectivity index (χ2v) is 12.0. The molecule has 0 aliphatic carbocycles. The lowest BCUT2D eigenvalue weighted by Crippen LogP contribution is -2.17. The molecule has 0 radical (unpaired) electrons. The summed E-state index contributed by atoms with van der Waals surface area (Å²) in [5.41, 5.74) is 7.20. The minimum Gasteiger partial charge on any atom is -0.345 e. The molecule has 6 aromatic carbocycles. The molecule has 47 heavy (non-hydrogen) atoms. The maximum atomic E-state index is 13.8. The normalized spacial score (nSPS) is 11.9. The van der Waals surface area contributed by atoms with Crippen LogP contribution in [-0.2, 0) is 0 Å². The standard InChI is InChI=1S/C44H32N2O/c1-6-9-14-27(4)45(5)30-20-22-36-34-16-11-10-15-33(34)35-21-19-28(23-38(35)39(36)26-30)29-24-40-31(7-2)32(8-3)44(47)46-42-18-13-12-17-37(42)41(25-29)43(40)46/h6-26H,1-4H2,5H3/b14-9-. The maximum Gasteiger partial charge on any atom is 0.263 e. The summed E-state index contributed by atoms with van der Waals surface area (Å²) in [5, 5.41) is 10.3. The smallest absolute Gasteiger partial charge is 0.263 e.